The van der Waals surface area contributed by atoms with Crippen LogP contribution in [-0.2, 0) is 4.79 Å². The molecule has 0 saturated heterocycles. The molecule has 0 aromatic heterocycles. The van der Waals surface area contributed by atoms with Crippen molar-refractivity contribution < 1.29 is 35.9 Å². The fraction of sp³-hybridized carbons (Fsp3) is 0.300. The van der Waals surface area contributed by atoms with Crippen molar-refractivity contribution in [1.82, 2.24) is 0 Å². The summed E-state index contributed by atoms with van der Waals surface area (Å²) in [6, 6.07) is 4.91. The van der Waals surface area contributed by atoms with Crippen molar-refractivity contribution in [2.75, 3.05) is 5.32 Å². The van der Waals surface area contributed by atoms with Gasteiger partial charge in [0.25, 0.3) is 0 Å². The molecule has 2 aromatic carbocycles. The van der Waals surface area contributed by atoms with Crippen LogP contribution in [0.5, 0.6) is 0 Å². The van der Waals surface area contributed by atoms with Gasteiger partial charge in [0, 0.05) is 24.1 Å². The molecule has 1 saturated carbocycles. The van der Waals surface area contributed by atoms with Gasteiger partial charge in [0.1, 0.15) is 10.2 Å². The smallest absolute Gasteiger partial charge is 0.326 e. The summed E-state index contributed by atoms with van der Waals surface area (Å²) in [6.45, 7) is 0. The lowest BCUT2D eigenvalue weighted by Crippen LogP contribution is -2.18. The summed E-state index contributed by atoms with van der Waals surface area (Å²) in [5, 5.41) is 2.00. The van der Waals surface area contributed by atoms with Gasteiger partial charge in [-0.15, -0.1) is 23.2 Å². The molecule has 0 radical (unpaired) electrons. The minimum Gasteiger partial charge on any atom is -0.326 e. The fourth-order valence-electron chi connectivity index (χ4n) is 3.25. The molecule has 0 heterocycles. The first kappa shape index (κ1) is 24.7. The van der Waals surface area contributed by atoms with Crippen molar-refractivity contribution in [2.24, 2.45) is 5.92 Å². The predicted octanol–water partition coefficient (Wildman–Crippen LogP) is 6.81. The van der Waals surface area contributed by atoms with Crippen LogP contribution in [0.3, 0.4) is 0 Å². The number of carbonyl (C=O) groups is 2. The van der Waals surface area contributed by atoms with Gasteiger partial charge in [-0.3, -0.25) is 9.59 Å². The average Bonchev–Trinajstić information content (AvgIpc) is 3.26. The van der Waals surface area contributed by atoms with Crippen molar-refractivity contribution in [3.05, 3.63) is 63.9 Å². The molecule has 0 spiro atoms. The van der Waals surface area contributed by atoms with Crippen molar-refractivity contribution >= 4 is 52.2 Å². The number of hydrogen-bond acceptors (Lipinski definition) is 2. The molecule has 2 aromatic rings. The molecule has 2 atom stereocenters. The number of Topliss-reactive ketones (excluding diaryl/α,β-unsaturated/α-hetero) is 1. The van der Waals surface area contributed by atoms with Crippen LogP contribution in [0.25, 0.3) is 0 Å². The summed E-state index contributed by atoms with van der Waals surface area (Å²) in [5.41, 5.74) is -0.962. The first-order chi connectivity index (χ1) is 14.7. The van der Waals surface area contributed by atoms with E-state index < -0.39 is 69.9 Å². The lowest BCUT2D eigenvalue weighted by molar-refractivity contribution is -0.133. The van der Waals surface area contributed by atoms with Crippen molar-refractivity contribution in [3.8, 4) is 0 Å². The summed E-state index contributed by atoms with van der Waals surface area (Å²) in [7, 11) is 0. The summed E-state index contributed by atoms with van der Waals surface area (Å²) in [4.78, 5) is 24.6. The third kappa shape index (κ3) is 5.15. The molecule has 32 heavy (non-hydrogen) atoms. The van der Waals surface area contributed by atoms with Crippen LogP contribution >= 0.6 is 34.8 Å². The van der Waals surface area contributed by atoms with Crippen LogP contribution in [0.4, 0.5) is 32.0 Å². The number of carbonyl (C=O) groups excluding carboxylic acids is 2. The van der Waals surface area contributed by atoms with Gasteiger partial charge in [0.2, 0.25) is 5.91 Å². The Morgan fingerprint density at radius 1 is 1.03 bits per heavy atom. The maximum absolute atomic E-state index is 14.0. The van der Waals surface area contributed by atoms with Crippen LogP contribution in [0.2, 0.25) is 5.02 Å². The fourth-order valence-corrected chi connectivity index (χ4v) is 4.26. The van der Waals surface area contributed by atoms with E-state index in [-0.39, 0.29) is 10.7 Å². The number of nitrogens with one attached hydrogen (secondary N) is 1. The molecular formula is C20H12Cl3F6NO2. The number of ketones is 1. The van der Waals surface area contributed by atoms with E-state index in [2.05, 4.69) is 5.32 Å². The molecule has 3 rings (SSSR count). The Hall–Kier alpha value is -1.97. The van der Waals surface area contributed by atoms with Gasteiger partial charge in [-0.25, -0.2) is 13.2 Å². The molecule has 2 unspecified atom stereocenters. The van der Waals surface area contributed by atoms with E-state index in [0.29, 0.717) is 11.6 Å². The number of amides is 1. The summed E-state index contributed by atoms with van der Waals surface area (Å²) < 4.78 is 76.6. The van der Waals surface area contributed by atoms with Gasteiger partial charge in [-0.1, -0.05) is 17.7 Å². The zero-order chi connectivity index (χ0) is 24.0. The SMILES string of the molecule is O=C(CCC(F)(F)F)c1cc(NC(=O)C2C(c3ccc(F)c(Cl)c3)C2(Cl)Cl)cc(F)c1F. The lowest BCUT2D eigenvalue weighted by Gasteiger charge is -2.10. The first-order valence-corrected chi connectivity index (χ1v) is 10.1. The molecule has 0 bridgehead atoms. The Labute approximate surface area is 192 Å². The molecular weight excluding hydrogens is 507 g/mol. The quantitative estimate of drug-likeness (QED) is 0.259. The van der Waals surface area contributed by atoms with Crippen LogP contribution in [0.15, 0.2) is 30.3 Å². The summed E-state index contributed by atoms with van der Waals surface area (Å²) >= 11 is 18.0. The maximum Gasteiger partial charge on any atom is 0.389 e. The Kier molecular flexibility index (Phi) is 6.75. The van der Waals surface area contributed by atoms with Gasteiger partial charge in [0.05, 0.1) is 22.9 Å². The minimum atomic E-state index is -4.66. The molecule has 3 nitrogen and oxygen atoms in total. The maximum atomic E-state index is 14.0. The van der Waals surface area contributed by atoms with Crippen LogP contribution in [-0.4, -0.2) is 22.2 Å². The van der Waals surface area contributed by atoms with Gasteiger partial charge in [0.15, 0.2) is 17.4 Å². The normalized spacial score (nSPS) is 19.5. The Morgan fingerprint density at radius 2 is 1.69 bits per heavy atom. The second-order valence-electron chi connectivity index (χ2n) is 7.15. The Bertz CT molecular complexity index is 1090. The molecule has 12 heteroatoms. The van der Waals surface area contributed by atoms with E-state index in [0.717, 1.165) is 12.1 Å². The highest BCUT2D eigenvalue weighted by Gasteiger charge is 2.67. The zero-order valence-electron chi connectivity index (χ0n) is 15.7. The van der Waals surface area contributed by atoms with Crippen LogP contribution in [0, 0.1) is 23.4 Å². The summed E-state index contributed by atoms with van der Waals surface area (Å²) in [6.07, 6.45) is -7.28. The van der Waals surface area contributed by atoms with Crippen LogP contribution in [0.1, 0.15) is 34.7 Å². The number of benzene rings is 2. The predicted molar refractivity (Wildman–Crippen MR) is 107 cm³/mol. The zero-order valence-corrected chi connectivity index (χ0v) is 17.9. The largest absolute Gasteiger partial charge is 0.389 e. The number of halogens is 9. The van der Waals surface area contributed by atoms with E-state index >= 15 is 0 Å². The Balaban J connectivity index is 1.79. The molecule has 1 aliphatic rings. The third-order valence-electron chi connectivity index (χ3n) is 4.87. The highest BCUT2D eigenvalue weighted by molar-refractivity contribution is 6.53. The topological polar surface area (TPSA) is 46.2 Å². The van der Waals surface area contributed by atoms with Crippen molar-refractivity contribution in [1.29, 1.82) is 0 Å². The second kappa shape index (κ2) is 8.76. The van der Waals surface area contributed by atoms with Gasteiger partial charge >= 0.3 is 6.18 Å². The van der Waals surface area contributed by atoms with E-state index in [9.17, 15) is 35.9 Å². The molecule has 1 N–H and O–H groups in total. The molecule has 0 aliphatic heterocycles. The minimum absolute atomic E-state index is 0.222. The number of rotatable bonds is 6. The first-order valence-electron chi connectivity index (χ1n) is 8.95. The summed E-state index contributed by atoms with van der Waals surface area (Å²) in [5.74, 6) is -7.89. The van der Waals surface area contributed by atoms with E-state index in [4.69, 9.17) is 34.8 Å². The van der Waals surface area contributed by atoms with E-state index in [1.165, 1.54) is 12.1 Å². The second-order valence-corrected chi connectivity index (χ2v) is 9.00. The number of anilines is 1. The molecule has 1 amide bonds. The third-order valence-corrected chi connectivity index (χ3v) is 6.10. The van der Waals surface area contributed by atoms with Gasteiger partial charge in [-0.05, 0) is 23.8 Å². The Morgan fingerprint density at radius 3 is 2.28 bits per heavy atom. The van der Waals surface area contributed by atoms with E-state index in [1.54, 1.807) is 0 Å². The van der Waals surface area contributed by atoms with E-state index in [1.807, 2.05) is 0 Å². The lowest BCUT2D eigenvalue weighted by atomic mass is 10.0. The standard InChI is InChI=1S/C20H12Cl3F6NO2/c21-11-5-8(1-2-12(11)24)15-16(20(15,22)23)18(32)30-9-6-10(17(26)13(25)7-9)14(31)3-4-19(27,28)29/h1-2,5-7,15-16H,3-4H2,(H,30,32). The highest BCUT2D eigenvalue weighted by atomic mass is 35.5. The van der Waals surface area contributed by atoms with Crippen LogP contribution < -0.4 is 5.32 Å². The molecule has 1 fully saturated rings. The molecule has 172 valence electrons. The average molecular weight is 519 g/mol. The molecule has 1 aliphatic carbocycles. The van der Waals surface area contributed by atoms with Crippen molar-refractivity contribution in [3.63, 3.8) is 0 Å². The number of hydrogen-bond donors (Lipinski definition) is 1. The van der Waals surface area contributed by atoms with Gasteiger partial charge in [-0.2, -0.15) is 13.2 Å². The highest BCUT2D eigenvalue weighted by Crippen LogP contribution is 2.65. The number of alkyl halides is 5. The van der Waals surface area contributed by atoms with Crippen molar-refractivity contribution in [2.45, 2.75) is 29.3 Å². The monoisotopic (exact) mass is 517 g/mol. The van der Waals surface area contributed by atoms with Gasteiger partial charge < -0.3 is 5.32 Å².